The Balaban J connectivity index is 1.26. The Hall–Kier alpha value is -2.35. The molecule has 2 aromatic heterocycles. The molecule has 2 aliphatic rings. The fourth-order valence-corrected chi connectivity index (χ4v) is 5.59. The number of pyridine rings is 1. The normalized spacial score (nSPS) is 19.8. The highest BCUT2D eigenvalue weighted by molar-refractivity contribution is 7.99. The van der Waals surface area contributed by atoms with E-state index in [-0.39, 0.29) is 22.4 Å². The van der Waals surface area contributed by atoms with Crippen LogP contribution in [0, 0.1) is 5.41 Å². The Morgan fingerprint density at radius 3 is 2.63 bits per heavy atom. The molecule has 154 valence electrons. The van der Waals surface area contributed by atoms with Crippen LogP contribution in [-0.2, 0) is 6.42 Å². The summed E-state index contributed by atoms with van der Waals surface area (Å²) in [6.07, 6.45) is 8.23. The first-order chi connectivity index (χ1) is 14.6. The molecule has 1 saturated heterocycles. The van der Waals surface area contributed by atoms with E-state index in [4.69, 9.17) is 17.3 Å². The second-order valence-corrected chi connectivity index (χ2v) is 9.40. The molecule has 5 rings (SSSR count). The zero-order chi connectivity index (χ0) is 20.7. The van der Waals surface area contributed by atoms with Gasteiger partial charge in [-0.05, 0) is 41.9 Å². The van der Waals surface area contributed by atoms with Gasteiger partial charge >= 0.3 is 0 Å². The molecule has 1 aromatic carbocycles. The SMILES string of the molecule is N[C@@H]1c2ccccc2CC12CCN(c1cnc(Sc3ccnc(O)c3Cl)cn1)CC2. The zero-order valence-electron chi connectivity index (χ0n) is 16.3. The first-order valence-electron chi connectivity index (χ1n) is 9.97. The summed E-state index contributed by atoms with van der Waals surface area (Å²) in [7, 11) is 0. The van der Waals surface area contributed by atoms with Gasteiger partial charge in [-0.15, -0.1) is 0 Å². The number of aromatic hydroxyl groups is 1. The molecule has 8 heteroatoms. The molecule has 0 saturated carbocycles. The summed E-state index contributed by atoms with van der Waals surface area (Å²) in [5.41, 5.74) is 9.55. The van der Waals surface area contributed by atoms with Crippen molar-refractivity contribution in [3.05, 3.63) is 65.1 Å². The lowest BCUT2D eigenvalue weighted by molar-refractivity contribution is 0.187. The Labute approximate surface area is 184 Å². The van der Waals surface area contributed by atoms with Crippen molar-refractivity contribution >= 4 is 29.2 Å². The van der Waals surface area contributed by atoms with Gasteiger partial charge in [-0.1, -0.05) is 47.6 Å². The third-order valence-electron chi connectivity index (χ3n) is 6.34. The molecule has 0 radical (unpaired) electrons. The number of piperidine rings is 1. The number of nitrogens with zero attached hydrogens (tertiary/aromatic N) is 4. The number of hydrogen-bond acceptors (Lipinski definition) is 7. The number of halogens is 1. The van der Waals surface area contributed by atoms with Gasteiger partial charge < -0.3 is 15.7 Å². The molecule has 1 aliphatic heterocycles. The van der Waals surface area contributed by atoms with Crippen molar-refractivity contribution in [1.82, 2.24) is 15.0 Å². The molecular weight excluding hydrogens is 418 g/mol. The average molecular weight is 440 g/mol. The lowest BCUT2D eigenvalue weighted by Gasteiger charge is -2.42. The van der Waals surface area contributed by atoms with Gasteiger partial charge in [0.15, 0.2) is 0 Å². The van der Waals surface area contributed by atoms with Crippen LogP contribution in [0.4, 0.5) is 5.82 Å². The standard InChI is InChI=1S/C22H22ClN5OS/c23-19-16(5-8-25-21(19)29)30-18-13-26-17(12-27-18)28-9-6-22(7-10-28)11-14-3-1-2-4-15(14)20(22)24/h1-5,8,12-13,20H,6-7,9-11,24H2,(H,25,29)/t20-/m1/s1. The second kappa shape index (κ2) is 7.72. The third-order valence-corrected chi connectivity index (χ3v) is 7.80. The van der Waals surface area contributed by atoms with Crippen molar-refractivity contribution < 1.29 is 5.11 Å². The Morgan fingerprint density at radius 2 is 1.90 bits per heavy atom. The van der Waals surface area contributed by atoms with Crippen LogP contribution < -0.4 is 10.6 Å². The quantitative estimate of drug-likeness (QED) is 0.631. The van der Waals surface area contributed by atoms with Crippen LogP contribution in [0.1, 0.15) is 30.0 Å². The fourth-order valence-electron chi connectivity index (χ4n) is 4.62. The van der Waals surface area contributed by atoms with Gasteiger partial charge in [0.1, 0.15) is 15.9 Å². The predicted molar refractivity (Wildman–Crippen MR) is 118 cm³/mol. The molecule has 1 atom stereocenters. The summed E-state index contributed by atoms with van der Waals surface area (Å²) in [5, 5.41) is 10.6. The van der Waals surface area contributed by atoms with Crippen LogP contribution in [0.2, 0.25) is 5.02 Å². The van der Waals surface area contributed by atoms with E-state index in [1.54, 1.807) is 18.5 Å². The van der Waals surface area contributed by atoms with Gasteiger partial charge in [0.25, 0.3) is 0 Å². The van der Waals surface area contributed by atoms with Crippen molar-refractivity contribution in [2.45, 2.75) is 35.2 Å². The summed E-state index contributed by atoms with van der Waals surface area (Å²) in [6, 6.07) is 10.4. The minimum Gasteiger partial charge on any atom is -0.492 e. The number of hydrogen-bond donors (Lipinski definition) is 2. The highest BCUT2D eigenvalue weighted by Gasteiger charge is 2.45. The minimum atomic E-state index is -0.180. The van der Waals surface area contributed by atoms with Gasteiger partial charge in [0.05, 0.1) is 12.4 Å². The molecular formula is C22H22ClN5OS. The van der Waals surface area contributed by atoms with E-state index in [2.05, 4.69) is 44.1 Å². The molecule has 0 unspecified atom stereocenters. The number of nitrogens with two attached hydrogens (primary N) is 1. The first kappa shape index (κ1) is 19.6. The molecule has 1 aliphatic carbocycles. The van der Waals surface area contributed by atoms with E-state index in [1.807, 2.05) is 0 Å². The maximum absolute atomic E-state index is 9.65. The topological polar surface area (TPSA) is 88.2 Å². The van der Waals surface area contributed by atoms with Crippen LogP contribution in [0.25, 0.3) is 0 Å². The van der Waals surface area contributed by atoms with Crippen LogP contribution in [-0.4, -0.2) is 33.1 Å². The van der Waals surface area contributed by atoms with E-state index in [0.29, 0.717) is 9.92 Å². The maximum atomic E-state index is 9.65. The van der Waals surface area contributed by atoms with Gasteiger partial charge in [0, 0.05) is 30.2 Å². The van der Waals surface area contributed by atoms with E-state index in [1.165, 1.54) is 29.1 Å². The lowest BCUT2D eigenvalue weighted by Crippen LogP contribution is -2.44. The second-order valence-electron chi connectivity index (χ2n) is 7.96. The molecule has 3 N–H and O–H groups in total. The largest absolute Gasteiger partial charge is 0.492 e. The molecule has 0 bridgehead atoms. The number of anilines is 1. The van der Waals surface area contributed by atoms with E-state index < -0.39 is 0 Å². The fraction of sp³-hybridized carbons (Fsp3) is 0.318. The molecule has 0 amide bonds. The zero-order valence-corrected chi connectivity index (χ0v) is 17.9. The lowest BCUT2D eigenvalue weighted by atomic mass is 9.73. The summed E-state index contributed by atoms with van der Waals surface area (Å²) in [6.45, 7) is 1.85. The summed E-state index contributed by atoms with van der Waals surface area (Å²) in [4.78, 5) is 15.9. The number of fused-ring (bicyclic) bond motifs is 1. The molecule has 3 aromatic rings. The Kier molecular flexibility index (Phi) is 5.05. The highest BCUT2D eigenvalue weighted by atomic mass is 35.5. The van der Waals surface area contributed by atoms with Crippen LogP contribution >= 0.6 is 23.4 Å². The van der Waals surface area contributed by atoms with E-state index in [0.717, 1.165) is 38.2 Å². The maximum Gasteiger partial charge on any atom is 0.231 e. The predicted octanol–water partition coefficient (Wildman–Crippen LogP) is 4.22. The van der Waals surface area contributed by atoms with E-state index in [9.17, 15) is 5.11 Å². The van der Waals surface area contributed by atoms with Gasteiger partial charge in [-0.25, -0.2) is 15.0 Å². The molecule has 6 nitrogen and oxygen atoms in total. The average Bonchev–Trinajstić information content (AvgIpc) is 3.04. The molecule has 1 fully saturated rings. The number of aromatic nitrogens is 3. The van der Waals surface area contributed by atoms with Crippen LogP contribution in [0.15, 0.2) is 58.8 Å². The third kappa shape index (κ3) is 3.41. The van der Waals surface area contributed by atoms with Crippen LogP contribution in [0.3, 0.4) is 0 Å². The minimum absolute atomic E-state index is 0.113. The van der Waals surface area contributed by atoms with Gasteiger partial charge in [0.2, 0.25) is 5.88 Å². The van der Waals surface area contributed by atoms with Crippen molar-refractivity contribution in [2.75, 3.05) is 18.0 Å². The Bertz CT molecular complexity index is 1070. The first-order valence-corrected chi connectivity index (χ1v) is 11.2. The smallest absolute Gasteiger partial charge is 0.231 e. The van der Waals surface area contributed by atoms with Gasteiger partial charge in [-0.3, -0.25) is 0 Å². The molecule has 3 heterocycles. The summed E-state index contributed by atoms with van der Waals surface area (Å²) < 4.78 is 0. The van der Waals surface area contributed by atoms with Crippen molar-refractivity contribution in [3.8, 4) is 5.88 Å². The van der Waals surface area contributed by atoms with Crippen molar-refractivity contribution in [1.29, 1.82) is 0 Å². The van der Waals surface area contributed by atoms with Crippen molar-refractivity contribution in [2.24, 2.45) is 11.1 Å². The molecule has 1 spiro atoms. The van der Waals surface area contributed by atoms with Crippen molar-refractivity contribution in [3.63, 3.8) is 0 Å². The molecule has 30 heavy (non-hydrogen) atoms. The summed E-state index contributed by atoms with van der Waals surface area (Å²) >= 11 is 7.45. The highest BCUT2D eigenvalue weighted by Crippen LogP contribution is 2.50. The van der Waals surface area contributed by atoms with E-state index >= 15 is 0 Å². The van der Waals surface area contributed by atoms with Crippen LogP contribution in [0.5, 0.6) is 5.88 Å². The number of rotatable bonds is 3. The summed E-state index contributed by atoms with van der Waals surface area (Å²) in [5.74, 6) is 0.697. The monoisotopic (exact) mass is 439 g/mol. The van der Waals surface area contributed by atoms with Gasteiger partial charge in [-0.2, -0.15) is 0 Å². The number of benzene rings is 1. The Morgan fingerprint density at radius 1 is 1.10 bits per heavy atom.